The first-order chi connectivity index (χ1) is 11.6. The molecule has 0 aliphatic rings. The minimum atomic E-state index is -5.58. The summed E-state index contributed by atoms with van der Waals surface area (Å²) in [5.74, 6) is 0.823. The van der Waals surface area contributed by atoms with E-state index in [0.717, 1.165) is 35.4 Å². The summed E-state index contributed by atoms with van der Waals surface area (Å²) in [6.45, 7) is 0. The minimum Gasteiger partial charge on any atom is -0.320 e. The second kappa shape index (κ2) is 8.22. The summed E-state index contributed by atoms with van der Waals surface area (Å²) in [5, 5.41) is 11.9. The molecule has 138 valence electrons. The fourth-order valence-electron chi connectivity index (χ4n) is 2.05. The fraction of sp³-hybridized carbons (Fsp3) is 0.462. The standard InChI is InChI=1S/C13H16BrF2N4O3PS/c1-20-12(17-18-19-20)25-7-3-2-4-9-5-6-10(11(14)8-9)13(15,16)24(21,22)23/h5-6,8H,2-4,7H2,1H3,(H2,21,22,23). The Morgan fingerprint density at radius 3 is 2.64 bits per heavy atom. The Morgan fingerprint density at radius 2 is 2.08 bits per heavy atom. The highest BCUT2D eigenvalue weighted by molar-refractivity contribution is 9.10. The third-order valence-corrected chi connectivity index (χ3v) is 6.12. The SMILES string of the molecule is Cn1nnnc1SCCCCc1ccc(C(F)(F)P(=O)(O)O)c(Br)c1. The normalized spacial score (nSPS) is 12.6. The Kier molecular flexibility index (Phi) is 6.72. The maximum absolute atomic E-state index is 13.8. The Morgan fingerprint density at radius 1 is 1.36 bits per heavy atom. The Labute approximate surface area is 155 Å². The molecule has 1 aromatic heterocycles. The number of unbranched alkanes of at least 4 members (excludes halogenated alkanes) is 1. The number of halogens is 3. The van der Waals surface area contributed by atoms with Gasteiger partial charge in [-0.3, -0.25) is 4.57 Å². The zero-order valence-corrected chi connectivity index (χ0v) is 16.4. The highest BCUT2D eigenvalue weighted by Crippen LogP contribution is 2.60. The van der Waals surface area contributed by atoms with Gasteiger partial charge >= 0.3 is 13.3 Å². The van der Waals surface area contributed by atoms with Gasteiger partial charge in [-0.05, 0) is 41.3 Å². The lowest BCUT2D eigenvalue weighted by Gasteiger charge is -2.19. The molecule has 2 aromatic rings. The Bertz CT molecular complexity index is 786. The van der Waals surface area contributed by atoms with Gasteiger partial charge in [0.25, 0.3) is 0 Å². The molecular weight excluding hydrogens is 441 g/mol. The van der Waals surface area contributed by atoms with Crippen LogP contribution in [-0.2, 0) is 23.7 Å². The average molecular weight is 457 g/mol. The number of benzene rings is 1. The molecular formula is C13H16BrF2N4O3PS. The summed E-state index contributed by atoms with van der Waals surface area (Å²) in [6, 6.07) is 3.99. The van der Waals surface area contributed by atoms with Crippen molar-refractivity contribution in [3.05, 3.63) is 33.8 Å². The number of tetrazole rings is 1. The number of alkyl halides is 2. The maximum Gasteiger partial charge on any atom is 0.399 e. The number of hydrogen-bond donors (Lipinski definition) is 2. The lowest BCUT2D eigenvalue weighted by atomic mass is 10.1. The van der Waals surface area contributed by atoms with E-state index in [0.29, 0.717) is 6.42 Å². The van der Waals surface area contributed by atoms with Gasteiger partial charge in [0.05, 0.1) is 0 Å². The molecule has 2 rings (SSSR count). The predicted octanol–water partition coefficient (Wildman–Crippen LogP) is 3.31. The van der Waals surface area contributed by atoms with Crippen molar-refractivity contribution in [2.75, 3.05) is 5.75 Å². The van der Waals surface area contributed by atoms with Gasteiger partial charge in [0.1, 0.15) is 0 Å². The number of thioether (sulfide) groups is 1. The quantitative estimate of drug-likeness (QED) is 0.356. The summed E-state index contributed by atoms with van der Waals surface area (Å²) in [7, 11) is -3.82. The molecule has 1 heterocycles. The average Bonchev–Trinajstić information content (AvgIpc) is 2.91. The van der Waals surface area contributed by atoms with Gasteiger partial charge in [-0.2, -0.15) is 8.78 Å². The number of nitrogens with zero attached hydrogens (tertiary/aromatic N) is 4. The highest BCUT2D eigenvalue weighted by Gasteiger charge is 2.51. The van der Waals surface area contributed by atoms with Gasteiger partial charge < -0.3 is 9.79 Å². The van der Waals surface area contributed by atoms with Crippen LogP contribution >= 0.6 is 35.3 Å². The topological polar surface area (TPSA) is 101 Å². The van der Waals surface area contributed by atoms with E-state index in [1.807, 2.05) is 0 Å². The summed E-state index contributed by atoms with van der Waals surface area (Å²) < 4.78 is 40.1. The summed E-state index contributed by atoms with van der Waals surface area (Å²) >= 11 is 4.51. The van der Waals surface area contributed by atoms with Crippen LogP contribution in [0.5, 0.6) is 0 Å². The van der Waals surface area contributed by atoms with E-state index in [-0.39, 0.29) is 4.47 Å². The van der Waals surface area contributed by atoms with Crippen molar-refractivity contribution in [1.29, 1.82) is 0 Å². The van der Waals surface area contributed by atoms with Crippen LogP contribution in [0.3, 0.4) is 0 Å². The van der Waals surface area contributed by atoms with Crippen LogP contribution in [-0.4, -0.2) is 35.7 Å². The zero-order valence-electron chi connectivity index (χ0n) is 13.1. The number of aryl methyl sites for hydroxylation is 2. The van der Waals surface area contributed by atoms with Crippen molar-refractivity contribution in [1.82, 2.24) is 20.2 Å². The van der Waals surface area contributed by atoms with Crippen LogP contribution in [0.15, 0.2) is 27.8 Å². The zero-order chi connectivity index (χ0) is 18.7. The van der Waals surface area contributed by atoms with E-state index in [1.165, 1.54) is 23.9 Å². The van der Waals surface area contributed by atoms with Crippen molar-refractivity contribution >= 4 is 35.3 Å². The van der Waals surface area contributed by atoms with Crippen molar-refractivity contribution in [3.63, 3.8) is 0 Å². The molecule has 12 heteroatoms. The number of rotatable bonds is 8. The van der Waals surface area contributed by atoms with E-state index in [1.54, 1.807) is 11.7 Å². The lowest BCUT2D eigenvalue weighted by Crippen LogP contribution is -2.14. The molecule has 0 radical (unpaired) electrons. The third kappa shape index (κ3) is 5.07. The van der Waals surface area contributed by atoms with Crippen LogP contribution in [0.1, 0.15) is 24.0 Å². The molecule has 25 heavy (non-hydrogen) atoms. The number of hydrogen-bond acceptors (Lipinski definition) is 5. The molecule has 0 aliphatic heterocycles. The summed E-state index contributed by atoms with van der Waals surface area (Å²) in [6.07, 6.45) is 2.38. The molecule has 0 aliphatic carbocycles. The summed E-state index contributed by atoms with van der Waals surface area (Å²) in [5.41, 5.74) is -4.12. The molecule has 0 bridgehead atoms. The Balaban J connectivity index is 1.89. The first-order valence-corrected chi connectivity index (χ1v) is 10.6. The van der Waals surface area contributed by atoms with Gasteiger partial charge in [0, 0.05) is 22.8 Å². The molecule has 7 nitrogen and oxygen atoms in total. The second-order valence-corrected chi connectivity index (χ2v) is 8.86. The highest BCUT2D eigenvalue weighted by atomic mass is 79.9. The first kappa shape index (κ1) is 20.4. The van der Waals surface area contributed by atoms with Gasteiger partial charge in [-0.15, -0.1) is 5.10 Å². The predicted molar refractivity (Wildman–Crippen MR) is 92.5 cm³/mol. The van der Waals surface area contributed by atoms with E-state index in [2.05, 4.69) is 31.5 Å². The van der Waals surface area contributed by atoms with E-state index in [9.17, 15) is 13.3 Å². The third-order valence-electron chi connectivity index (χ3n) is 3.40. The Hall–Kier alpha value is -0.870. The van der Waals surface area contributed by atoms with Crippen LogP contribution in [0.25, 0.3) is 0 Å². The molecule has 0 spiro atoms. The van der Waals surface area contributed by atoms with Crippen LogP contribution in [0, 0.1) is 0 Å². The minimum absolute atomic E-state index is 0.0159. The first-order valence-electron chi connectivity index (χ1n) is 7.20. The molecule has 0 amide bonds. The van der Waals surface area contributed by atoms with Crippen LogP contribution in [0.2, 0.25) is 0 Å². The van der Waals surface area contributed by atoms with Crippen molar-refractivity contribution in [3.8, 4) is 0 Å². The lowest BCUT2D eigenvalue weighted by molar-refractivity contribution is 0.0557. The molecule has 2 N–H and O–H groups in total. The molecule has 0 saturated heterocycles. The van der Waals surface area contributed by atoms with E-state index in [4.69, 9.17) is 9.79 Å². The van der Waals surface area contributed by atoms with Gasteiger partial charge in [-0.1, -0.05) is 39.8 Å². The van der Waals surface area contributed by atoms with E-state index < -0.39 is 18.8 Å². The second-order valence-electron chi connectivity index (χ2n) is 5.29. The van der Waals surface area contributed by atoms with Crippen molar-refractivity contribution < 1.29 is 23.1 Å². The van der Waals surface area contributed by atoms with Crippen LogP contribution in [0.4, 0.5) is 8.78 Å². The molecule has 0 fully saturated rings. The van der Waals surface area contributed by atoms with Gasteiger partial charge in [0.2, 0.25) is 5.16 Å². The van der Waals surface area contributed by atoms with Crippen LogP contribution < -0.4 is 0 Å². The smallest absolute Gasteiger partial charge is 0.320 e. The summed E-state index contributed by atoms with van der Waals surface area (Å²) in [4.78, 5) is 17.6. The number of aromatic nitrogens is 4. The molecule has 0 saturated carbocycles. The van der Waals surface area contributed by atoms with E-state index >= 15 is 0 Å². The monoisotopic (exact) mass is 456 g/mol. The fourth-order valence-corrected chi connectivity index (χ4v) is 4.24. The van der Waals surface area contributed by atoms with Crippen molar-refractivity contribution in [2.45, 2.75) is 30.1 Å². The molecule has 0 unspecified atom stereocenters. The molecule has 1 aromatic carbocycles. The van der Waals surface area contributed by atoms with Crippen molar-refractivity contribution in [2.24, 2.45) is 7.05 Å². The molecule has 0 atom stereocenters. The van der Waals surface area contributed by atoms with Gasteiger partial charge in [0.15, 0.2) is 0 Å². The van der Waals surface area contributed by atoms with Gasteiger partial charge in [-0.25, -0.2) is 4.68 Å². The largest absolute Gasteiger partial charge is 0.399 e. The maximum atomic E-state index is 13.8.